The molecule has 0 heterocycles. The van der Waals surface area contributed by atoms with E-state index in [4.69, 9.17) is 27.9 Å². The van der Waals surface area contributed by atoms with Crippen LogP contribution >= 0.6 is 38.4 Å². The molecule has 1 rings (SSSR count). The van der Waals surface area contributed by atoms with Gasteiger partial charge in [0.15, 0.2) is 0 Å². The topological polar surface area (TPSA) is 206 Å². The number of halogens is 2. The first-order valence-corrected chi connectivity index (χ1v) is 16.2. The Morgan fingerprint density at radius 1 is 1.00 bits per heavy atom. The maximum atomic E-state index is 12.9. The second-order valence-corrected chi connectivity index (χ2v) is 14.5. The highest BCUT2D eigenvalue weighted by atomic mass is 35.5. The summed E-state index contributed by atoms with van der Waals surface area (Å²) in [6.45, 7) is 5.80. The van der Waals surface area contributed by atoms with Crippen molar-refractivity contribution in [3.63, 3.8) is 0 Å². The molecule has 224 valence electrons. The number of ether oxygens (including phenoxy) is 1. The molecule has 2 amide bonds. The summed E-state index contributed by atoms with van der Waals surface area (Å²) in [4.78, 5) is 64.3. The van der Waals surface area contributed by atoms with Gasteiger partial charge in [-0.3, -0.25) is 13.9 Å². The zero-order valence-corrected chi connectivity index (χ0v) is 25.2. The number of nitrogens with one attached hydrogen (secondary N) is 2. The third-order valence-corrected chi connectivity index (χ3v) is 9.59. The molecule has 13 nitrogen and oxygen atoms in total. The molecule has 1 atom stereocenters. The molecule has 0 spiro atoms. The van der Waals surface area contributed by atoms with Crippen LogP contribution in [0.1, 0.15) is 39.2 Å². The Hall–Kier alpha value is -1.40. The molecule has 0 aliphatic carbocycles. The van der Waals surface area contributed by atoms with E-state index < -0.39 is 50.3 Å². The molecule has 0 aliphatic rings. The van der Waals surface area contributed by atoms with Crippen molar-refractivity contribution in [3.05, 3.63) is 29.8 Å². The number of rotatable bonds is 15. The fourth-order valence-electron chi connectivity index (χ4n) is 3.43. The van der Waals surface area contributed by atoms with Crippen LogP contribution in [0.25, 0.3) is 0 Å². The summed E-state index contributed by atoms with van der Waals surface area (Å²) in [5.41, 5.74) is 0.712. The standard InChI is InChI=1S/C22H37Cl2N3O10P2/c1-21(2,3)37-20(29)26-18(15-16-5-7-17(8-6-16)27(13-10-23)14-11-24)19(28)25-12-4-9-22(30,38(31,32)33)39(34,35)36/h5-8,18,30H,4,9-15H2,1-3H3,(H,25,28)(H,26,29)(H2,31,32,33)(H2,34,35,36)/t18-/m0/s1. The normalized spacial score (nSPS) is 13.5. The van der Waals surface area contributed by atoms with Gasteiger partial charge in [-0.1, -0.05) is 12.1 Å². The number of carbonyl (C=O) groups is 2. The van der Waals surface area contributed by atoms with E-state index in [1.165, 1.54) is 0 Å². The number of alkyl carbamates (subject to hydrolysis) is 1. The number of carbonyl (C=O) groups excluding carboxylic acids is 2. The lowest BCUT2D eigenvalue weighted by Gasteiger charge is -2.29. The number of anilines is 1. The molecular weight excluding hydrogens is 599 g/mol. The molecule has 0 fully saturated rings. The Kier molecular flexibility index (Phi) is 13.7. The average molecular weight is 636 g/mol. The Bertz CT molecular complexity index is 1020. The van der Waals surface area contributed by atoms with Gasteiger partial charge in [-0.15, -0.1) is 23.2 Å². The Morgan fingerprint density at radius 3 is 1.95 bits per heavy atom. The van der Waals surface area contributed by atoms with Gasteiger partial charge in [-0.25, -0.2) is 4.79 Å². The first-order valence-electron chi connectivity index (χ1n) is 11.9. The molecule has 39 heavy (non-hydrogen) atoms. The molecule has 7 N–H and O–H groups in total. The minimum atomic E-state index is -5.61. The van der Waals surface area contributed by atoms with Gasteiger partial charge < -0.3 is 45.0 Å². The lowest BCUT2D eigenvalue weighted by atomic mass is 10.0. The highest BCUT2D eigenvalue weighted by Crippen LogP contribution is 2.69. The summed E-state index contributed by atoms with van der Waals surface area (Å²) in [6, 6.07) is 6.04. The zero-order chi connectivity index (χ0) is 30.1. The van der Waals surface area contributed by atoms with Crippen molar-refractivity contribution in [3.8, 4) is 0 Å². The van der Waals surface area contributed by atoms with Crippen molar-refractivity contribution in [1.29, 1.82) is 0 Å². The van der Waals surface area contributed by atoms with Crippen LogP contribution in [0.15, 0.2) is 24.3 Å². The number of alkyl halides is 2. The molecule has 0 aliphatic heterocycles. The van der Waals surface area contributed by atoms with E-state index in [-0.39, 0.29) is 19.4 Å². The largest absolute Gasteiger partial charge is 0.444 e. The third kappa shape index (κ3) is 11.5. The number of hydrogen-bond acceptors (Lipinski definition) is 7. The highest BCUT2D eigenvalue weighted by molar-refractivity contribution is 7.72. The fourth-order valence-corrected chi connectivity index (χ4v) is 6.10. The van der Waals surface area contributed by atoms with Crippen molar-refractivity contribution in [1.82, 2.24) is 10.6 Å². The molecule has 1 aromatic carbocycles. The maximum absolute atomic E-state index is 12.9. The van der Waals surface area contributed by atoms with Crippen molar-refractivity contribution < 1.29 is 48.1 Å². The van der Waals surface area contributed by atoms with Gasteiger partial charge in [0.25, 0.3) is 5.08 Å². The summed E-state index contributed by atoms with van der Waals surface area (Å²) in [5.74, 6) is 0.118. The van der Waals surface area contributed by atoms with Gasteiger partial charge in [0.1, 0.15) is 11.6 Å². The third-order valence-electron chi connectivity index (χ3n) is 5.38. The van der Waals surface area contributed by atoms with Crippen molar-refractivity contribution in [2.75, 3.05) is 36.3 Å². The van der Waals surface area contributed by atoms with Crippen LogP contribution in [0.3, 0.4) is 0 Å². The van der Waals surface area contributed by atoms with Gasteiger partial charge >= 0.3 is 21.3 Å². The van der Waals surface area contributed by atoms with E-state index in [0.29, 0.717) is 30.4 Å². The fraction of sp³-hybridized carbons (Fsp3) is 0.636. The first-order chi connectivity index (χ1) is 17.8. The minimum absolute atomic E-state index is 0.0469. The SMILES string of the molecule is CC(C)(C)OC(=O)N[C@@H](Cc1ccc(N(CCCl)CCCl)cc1)C(=O)NCCCC(O)(P(=O)(O)O)P(=O)(O)O. The molecular formula is C22H37Cl2N3O10P2. The Labute approximate surface area is 237 Å². The van der Waals surface area contributed by atoms with E-state index in [1.807, 2.05) is 17.0 Å². The molecule has 0 unspecified atom stereocenters. The van der Waals surface area contributed by atoms with Gasteiger partial charge in [-0.05, 0) is 44.9 Å². The number of amides is 2. The van der Waals surface area contributed by atoms with Crippen LogP contribution in [0.5, 0.6) is 0 Å². The second-order valence-electron chi connectivity index (χ2n) is 9.69. The van der Waals surface area contributed by atoms with Crippen molar-refractivity contribution in [2.24, 2.45) is 0 Å². The van der Waals surface area contributed by atoms with E-state index in [2.05, 4.69) is 10.6 Å². The van der Waals surface area contributed by atoms with Crippen LogP contribution in [-0.2, 0) is 25.1 Å². The number of benzene rings is 1. The first kappa shape index (κ1) is 35.6. The number of hydrogen-bond donors (Lipinski definition) is 7. The van der Waals surface area contributed by atoms with E-state index in [1.54, 1.807) is 32.9 Å². The minimum Gasteiger partial charge on any atom is -0.444 e. The number of aliphatic hydroxyl groups is 1. The molecule has 0 saturated carbocycles. The van der Waals surface area contributed by atoms with Crippen LogP contribution in [0.2, 0.25) is 0 Å². The lowest BCUT2D eigenvalue weighted by Crippen LogP contribution is -2.49. The summed E-state index contributed by atoms with van der Waals surface area (Å²) in [5, 5.41) is 11.3. The summed E-state index contributed by atoms with van der Waals surface area (Å²) in [6.07, 6.45) is -2.18. The Balaban J connectivity index is 2.99. The molecule has 1 aromatic rings. The van der Waals surface area contributed by atoms with Crippen molar-refractivity contribution in [2.45, 2.75) is 56.8 Å². The van der Waals surface area contributed by atoms with Crippen LogP contribution < -0.4 is 15.5 Å². The highest BCUT2D eigenvalue weighted by Gasteiger charge is 2.58. The predicted molar refractivity (Wildman–Crippen MR) is 148 cm³/mol. The molecule has 0 aromatic heterocycles. The van der Waals surface area contributed by atoms with Gasteiger partial charge in [-0.2, -0.15) is 0 Å². The summed E-state index contributed by atoms with van der Waals surface area (Å²) < 4.78 is 28.2. The second kappa shape index (κ2) is 15.0. The van der Waals surface area contributed by atoms with Gasteiger partial charge in [0, 0.05) is 49.9 Å². The smallest absolute Gasteiger partial charge is 0.408 e. The van der Waals surface area contributed by atoms with Crippen LogP contribution in [0, 0.1) is 0 Å². The van der Waals surface area contributed by atoms with E-state index in [0.717, 1.165) is 5.69 Å². The zero-order valence-electron chi connectivity index (χ0n) is 21.9. The Morgan fingerprint density at radius 2 is 1.51 bits per heavy atom. The van der Waals surface area contributed by atoms with Crippen molar-refractivity contribution >= 4 is 56.1 Å². The number of nitrogens with zero attached hydrogens (tertiary/aromatic N) is 1. The lowest BCUT2D eigenvalue weighted by molar-refractivity contribution is -0.123. The summed E-state index contributed by atoms with van der Waals surface area (Å²) >= 11 is 11.7. The average Bonchev–Trinajstić information content (AvgIpc) is 2.78. The van der Waals surface area contributed by atoms with E-state index in [9.17, 15) is 43.4 Å². The molecule has 0 bridgehead atoms. The maximum Gasteiger partial charge on any atom is 0.408 e. The van der Waals surface area contributed by atoms with Gasteiger partial charge in [0.05, 0.1) is 0 Å². The molecule has 0 saturated heterocycles. The predicted octanol–water partition coefficient (Wildman–Crippen LogP) is 2.30. The molecule has 17 heteroatoms. The summed E-state index contributed by atoms with van der Waals surface area (Å²) in [7, 11) is -11.2. The monoisotopic (exact) mass is 635 g/mol. The quantitative estimate of drug-likeness (QED) is 0.0845. The molecule has 0 radical (unpaired) electrons. The van der Waals surface area contributed by atoms with Crippen LogP contribution in [0.4, 0.5) is 10.5 Å². The van der Waals surface area contributed by atoms with Crippen LogP contribution in [-0.4, -0.2) is 84.8 Å². The van der Waals surface area contributed by atoms with E-state index >= 15 is 0 Å². The van der Waals surface area contributed by atoms with Gasteiger partial charge in [0.2, 0.25) is 5.91 Å².